The minimum Gasteiger partial charge on any atom is -0.496 e. The van der Waals surface area contributed by atoms with E-state index in [1.54, 1.807) is 14.2 Å². The second kappa shape index (κ2) is 8.23. The predicted molar refractivity (Wildman–Crippen MR) is 101 cm³/mol. The highest BCUT2D eigenvalue weighted by Crippen LogP contribution is 2.38. The van der Waals surface area contributed by atoms with Gasteiger partial charge < -0.3 is 9.47 Å². The Hall–Kier alpha value is -1.96. The van der Waals surface area contributed by atoms with Crippen molar-refractivity contribution in [1.82, 2.24) is 0 Å². The number of hydrogen-bond donors (Lipinski definition) is 0. The van der Waals surface area contributed by atoms with E-state index in [2.05, 4.69) is 64.1 Å². The maximum atomic E-state index is 5.43. The summed E-state index contributed by atoms with van der Waals surface area (Å²) in [4.78, 5) is 0. The van der Waals surface area contributed by atoms with Crippen molar-refractivity contribution in [3.05, 3.63) is 58.7 Å². The molecule has 0 aliphatic rings. The molecule has 0 aromatic heterocycles. The largest absolute Gasteiger partial charge is 0.496 e. The highest BCUT2D eigenvalue weighted by Gasteiger charge is 2.23. The molecule has 130 valence electrons. The molecule has 0 fully saturated rings. The fourth-order valence-corrected chi connectivity index (χ4v) is 3.69. The average Bonchev–Trinajstić information content (AvgIpc) is 2.59. The molecule has 2 rings (SSSR count). The zero-order valence-corrected chi connectivity index (χ0v) is 15.8. The topological polar surface area (TPSA) is 18.5 Å². The zero-order chi connectivity index (χ0) is 17.7. The molecule has 0 saturated heterocycles. The molecule has 2 aromatic carbocycles. The third kappa shape index (κ3) is 3.75. The molecule has 0 saturated carbocycles. The first-order valence-corrected chi connectivity index (χ1v) is 8.84. The van der Waals surface area contributed by atoms with Gasteiger partial charge in [-0.05, 0) is 54.2 Å². The van der Waals surface area contributed by atoms with Gasteiger partial charge >= 0.3 is 0 Å². The highest BCUT2D eigenvalue weighted by atomic mass is 16.5. The number of ether oxygens (including phenoxy) is 2. The fraction of sp³-hybridized carbons (Fsp3) is 0.455. The Labute approximate surface area is 146 Å². The van der Waals surface area contributed by atoms with Gasteiger partial charge in [-0.2, -0.15) is 0 Å². The summed E-state index contributed by atoms with van der Waals surface area (Å²) in [5, 5.41) is 0. The summed E-state index contributed by atoms with van der Waals surface area (Å²) in [5.41, 5.74) is 5.12. The van der Waals surface area contributed by atoms with Gasteiger partial charge in [-0.25, -0.2) is 0 Å². The second-order valence-electron chi connectivity index (χ2n) is 6.51. The van der Waals surface area contributed by atoms with Crippen LogP contribution in [0.3, 0.4) is 0 Å². The van der Waals surface area contributed by atoms with E-state index in [1.807, 2.05) is 0 Å². The number of methoxy groups -OCH3 is 2. The van der Waals surface area contributed by atoms with Gasteiger partial charge in [0.15, 0.2) is 0 Å². The summed E-state index contributed by atoms with van der Waals surface area (Å²) in [6, 6.07) is 13.2. The van der Waals surface area contributed by atoms with E-state index >= 15 is 0 Å². The monoisotopic (exact) mass is 326 g/mol. The van der Waals surface area contributed by atoms with Gasteiger partial charge in [0.1, 0.15) is 11.5 Å². The molecule has 0 aliphatic heterocycles. The normalized spacial score (nSPS) is 11.2. The summed E-state index contributed by atoms with van der Waals surface area (Å²) < 4.78 is 10.9. The summed E-state index contributed by atoms with van der Waals surface area (Å²) in [6.45, 7) is 8.80. The van der Waals surface area contributed by atoms with E-state index < -0.39 is 0 Å². The Morgan fingerprint density at radius 3 is 1.46 bits per heavy atom. The van der Waals surface area contributed by atoms with Gasteiger partial charge in [-0.15, -0.1) is 0 Å². The SMILES string of the molecule is CCC(CC)C(c1ccc(OC)c(C)c1)c1ccc(OC)c(C)c1. The highest BCUT2D eigenvalue weighted by molar-refractivity contribution is 5.44. The van der Waals surface area contributed by atoms with E-state index in [9.17, 15) is 0 Å². The van der Waals surface area contributed by atoms with Crippen LogP contribution >= 0.6 is 0 Å². The van der Waals surface area contributed by atoms with Crippen LogP contribution in [-0.4, -0.2) is 14.2 Å². The first-order chi connectivity index (χ1) is 11.5. The van der Waals surface area contributed by atoms with Crippen LogP contribution in [0.1, 0.15) is 54.9 Å². The van der Waals surface area contributed by atoms with Crippen molar-refractivity contribution < 1.29 is 9.47 Å². The molecule has 0 N–H and O–H groups in total. The number of aryl methyl sites for hydroxylation is 2. The molecule has 2 aromatic rings. The van der Waals surface area contributed by atoms with Gasteiger partial charge in [0.25, 0.3) is 0 Å². The average molecular weight is 326 g/mol. The van der Waals surface area contributed by atoms with Crippen LogP contribution < -0.4 is 9.47 Å². The van der Waals surface area contributed by atoms with Gasteiger partial charge in [0, 0.05) is 5.92 Å². The fourth-order valence-electron chi connectivity index (χ4n) is 3.69. The molecule has 0 aliphatic carbocycles. The van der Waals surface area contributed by atoms with E-state index in [0.717, 1.165) is 24.3 Å². The third-order valence-electron chi connectivity index (χ3n) is 5.08. The first-order valence-electron chi connectivity index (χ1n) is 8.84. The molecular formula is C22H30O2. The Bertz CT molecular complexity index is 618. The summed E-state index contributed by atoms with van der Waals surface area (Å²) in [6.07, 6.45) is 2.33. The number of hydrogen-bond acceptors (Lipinski definition) is 2. The van der Waals surface area contributed by atoms with Crippen molar-refractivity contribution in [2.45, 2.75) is 46.5 Å². The van der Waals surface area contributed by atoms with Crippen LogP contribution in [0.5, 0.6) is 11.5 Å². The lowest BCUT2D eigenvalue weighted by Crippen LogP contribution is -2.14. The molecule has 2 nitrogen and oxygen atoms in total. The number of rotatable bonds is 7. The van der Waals surface area contributed by atoms with Gasteiger partial charge in [0.2, 0.25) is 0 Å². The minimum atomic E-state index is 0.397. The molecule has 0 unspecified atom stereocenters. The van der Waals surface area contributed by atoms with Crippen LogP contribution in [0.4, 0.5) is 0 Å². The van der Waals surface area contributed by atoms with E-state index in [1.165, 1.54) is 22.3 Å². The van der Waals surface area contributed by atoms with Crippen LogP contribution in [0.2, 0.25) is 0 Å². The number of benzene rings is 2. The van der Waals surface area contributed by atoms with E-state index in [0.29, 0.717) is 11.8 Å². The Kier molecular flexibility index (Phi) is 6.30. The quantitative estimate of drug-likeness (QED) is 0.631. The minimum absolute atomic E-state index is 0.397. The second-order valence-corrected chi connectivity index (χ2v) is 6.51. The van der Waals surface area contributed by atoms with E-state index in [-0.39, 0.29) is 0 Å². The maximum Gasteiger partial charge on any atom is 0.121 e. The molecule has 0 spiro atoms. The van der Waals surface area contributed by atoms with Crippen molar-refractivity contribution in [3.63, 3.8) is 0 Å². The zero-order valence-electron chi connectivity index (χ0n) is 15.8. The van der Waals surface area contributed by atoms with Crippen LogP contribution in [-0.2, 0) is 0 Å². The third-order valence-corrected chi connectivity index (χ3v) is 5.08. The van der Waals surface area contributed by atoms with Crippen LogP contribution in [0.15, 0.2) is 36.4 Å². The lowest BCUT2D eigenvalue weighted by Gasteiger charge is -2.27. The Morgan fingerprint density at radius 2 is 1.17 bits per heavy atom. The lowest BCUT2D eigenvalue weighted by molar-refractivity contribution is 0.408. The molecule has 24 heavy (non-hydrogen) atoms. The maximum absolute atomic E-state index is 5.43. The van der Waals surface area contributed by atoms with Gasteiger partial charge in [-0.1, -0.05) is 51.0 Å². The van der Waals surface area contributed by atoms with Crippen molar-refractivity contribution in [3.8, 4) is 11.5 Å². The van der Waals surface area contributed by atoms with Crippen molar-refractivity contribution in [1.29, 1.82) is 0 Å². The van der Waals surface area contributed by atoms with Crippen LogP contribution in [0, 0.1) is 19.8 Å². The Balaban J connectivity index is 2.53. The van der Waals surface area contributed by atoms with Crippen molar-refractivity contribution in [2.24, 2.45) is 5.92 Å². The van der Waals surface area contributed by atoms with Gasteiger partial charge in [0.05, 0.1) is 14.2 Å². The van der Waals surface area contributed by atoms with Crippen LogP contribution in [0.25, 0.3) is 0 Å². The van der Waals surface area contributed by atoms with Crippen molar-refractivity contribution in [2.75, 3.05) is 14.2 Å². The first kappa shape index (κ1) is 18.4. The molecule has 0 radical (unpaired) electrons. The predicted octanol–water partition coefficient (Wildman–Crippen LogP) is 5.89. The molecule has 0 amide bonds. The smallest absolute Gasteiger partial charge is 0.121 e. The molecule has 0 atom stereocenters. The standard InChI is InChI=1S/C22H30O2/c1-7-17(8-2)22(18-9-11-20(23-5)15(3)13-18)19-10-12-21(24-6)16(4)14-19/h9-14,17,22H,7-8H2,1-6H3. The lowest BCUT2D eigenvalue weighted by atomic mass is 9.77. The Morgan fingerprint density at radius 1 is 0.750 bits per heavy atom. The summed E-state index contributed by atoms with van der Waals surface area (Å²) in [5.74, 6) is 2.92. The molecule has 0 bridgehead atoms. The molecule has 2 heteroatoms. The van der Waals surface area contributed by atoms with Crippen molar-refractivity contribution >= 4 is 0 Å². The molecule has 0 heterocycles. The summed E-state index contributed by atoms with van der Waals surface area (Å²) >= 11 is 0. The van der Waals surface area contributed by atoms with Gasteiger partial charge in [-0.3, -0.25) is 0 Å². The summed E-state index contributed by atoms with van der Waals surface area (Å²) in [7, 11) is 3.46. The van der Waals surface area contributed by atoms with E-state index in [4.69, 9.17) is 9.47 Å². The molecular weight excluding hydrogens is 296 g/mol.